The molecule has 1 aliphatic heterocycles. The average Bonchev–Trinajstić information content (AvgIpc) is 2.73. The molecule has 1 unspecified atom stereocenters. The SMILES string of the molecule is Cc1ccc(S(=O)(=O)N2CCCC(C(=O)Nc3ccccc3C(=O)NC(C)(C)C)C2)cc1. The van der Waals surface area contributed by atoms with Gasteiger partial charge < -0.3 is 10.6 Å². The zero-order valence-electron chi connectivity index (χ0n) is 19.0. The van der Waals surface area contributed by atoms with Crippen LogP contribution in [0.1, 0.15) is 49.5 Å². The summed E-state index contributed by atoms with van der Waals surface area (Å²) in [6.07, 6.45) is 1.18. The van der Waals surface area contributed by atoms with E-state index in [9.17, 15) is 18.0 Å². The van der Waals surface area contributed by atoms with Gasteiger partial charge in [0.15, 0.2) is 0 Å². The van der Waals surface area contributed by atoms with Crippen LogP contribution >= 0.6 is 0 Å². The van der Waals surface area contributed by atoms with E-state index in [1.807, 2.05) is 27.7 Å². The van der Waals surface area contributed by atoms with E-state index in [0.29, 0.717) is 30.6 Å². The number of hydrogen-bond donors (Lipinski definition) is 2. The predicted octanol–water partition coefficient (Wildman–Crippen LogP) is 3.56. The molecule has 0 bridgehead atoms. The fraction of sp³-hybridized carbons (Fsp3) is 0.417. The number of hydrogen-bond acceptors (Lipinski definition) is 4. The molecule has 0 saturated carbocycles. The fourth-order valence-corrected chi connectivity index (χ4v) is 5.19. The first-order valence-corrected chi connectivity index (χ1v) is 12.2. The van der Waals surface area contributed by atoms with Gasteiger partial charge in [-0.3, -0.25) is 9.59 Å². The summed E-state index contributed by atoms with van der Waals surface area (Å²) in [5.41, 5.74) is 1.35. The predicted molar refractivity (Wildman–Crippen MR) is 125 cm³/mol. The van der Waals surface area contributed by atoms with Gasteiger partial charge in [0.25, 0.3) is 5.91 Å². The first kappa shape index (κ1) is 23.9. The minimum atomic E-state index is -3.67. The third-order valence-electron chi connectivity index (χ3n) is 5.33. The highest BCUT2D eigenvalue weighted by Crippen LogP contribution is 2.26. The van der Waals surface area contributed by atoms with E-state index >= 15 is 0 Å². The van der Waals surface area contributed by atoms with Gasteiger partial charge in [-0.05, 0) is 64.8 Å². The minimum Gasteiger partial charge on any atom is -0.347 e. The molecule has 0 aromatic heterocycles. The smallest absolute Gasteiger partial charge is 0.253 e. The Kier molecular flexibility index (Phi) is 7.05. The Morgan fingerprint density at radius 3 is 2.34 bits per heavy atom. The van der Waals surface area contributed by atoms with Crippen LogP contribution in [-0.4, -0.2) is 43.2 Å². The second kappa shape index (κ2) is 9.42. The number of anilines is 1. The third-order valence-corrected chi connectivity index (χ3v) is 7.21. The van der Waals surface area contributed by atoms with Crippen molar-refractivity contribution < 1.29 is 18.0 Å². The Morgan fingerprint density at radius 2 is 1.69 bits per heavy atom. The van der Waals surface area contributed by atoms with E-state index in [1.54, 1.807) is 48.5 Å². The molecule has 1 atom stereocenters. The van der Waals surface area contributed by atoms with Crippen molar-refractivity contribution >= 4 is 27.5 Å². The highest BCUT2D eigenvalue weighted by molar-refractivity contribution is 7.89. The third kappa shape index (κ3) is 5.75. The number of amides is 2. The maximum absolute atomic E-state index is 13.0. The van der Waals surface area contributed by atoms with Crippen molar-refractivity contribution in [1.29, 1.82) is 0 Å². The Hall–Kier alpha value is -2.71. The van der Waals surface area contributed by atoms with Crippen LogP contribution in [0.5, 0.6) is 0 Å². The summed E-state index contributed by atoms with van der Waals surface area (Å²) < 4.78 is 27.5. The Labute approximate surface area is 190 Å². The highest BCUT2D eigenvalue weighted by Gasteiger charge is 2.33. The van der Waals surface area contributed by atoms with Gasteiger partial charge in [-0.15, -0.1) is 0 Å². The zero-order valence-corrected chi connectivity index (χ0v) is 19.8. The van der Waals surface area contributed by atoms with E-state index in [0.717, 1.165) is 5.56 Å². The minimum absolute atomic E-state index is 0.110. The molecule has 1 fully saturated rings. The number of sulfonamides is 1. The average molecular weight is 458 g/mol. The summed E-state index contributed by atoms with van der Waals surface area (Å²) in [5.74, 6) is -1.06. The molecule has 1 heterocycles. The van der Waals surface area contributed by atoms with Crippen LogP contribution in [-0.2, 0) is 14.8 Å². The Bertz CT molecular complexity index is 1090. The summed E-state index contributed by atoms with van der Waals surface area (Å²) in [5, 5.41) is 5.74. The number of nitrogens with one attached hydrogen (secondary N) is 2. The van der Waals surface area contributed by atoms with Crippen LogP contribution in [0.25, 0.3) is 0 Å². The van der Waals surface area contributed by atoms with Crippen molar-refractivity contribution in [3.8, 4) is 0 Å². The number of rotatable bonds is 5. The van der Waals surface area contributed by atoms with Gasteiger partial charge in [-0.25, -0.2) is 8.42 Å². The maximum Gasteiger partial charge on any atom is 0.253 e. The molecule has 2 amide bonds. The number of carbonyl (C=O) groups excluding carboxylic acids is 2. The molecule has 32 heavy (non-hydrogen) atoms. The number of carbonyl (C=O) groups is 2. The van der Waals surface area contributed by atoms with Crippen LogP contribution in [0, 0.1) is 12.8 Å². The quantitative estimate of drug-likeness (QED) is 0.718. The number of benzene rings is 2. The maximum atomic E-state index is 13.0. The number of nitrogens with zero attached hydrogens (tertiary/aromatic N) is 1. The molecule has 2 aromatic rings. The Balaban J connectivity index is 1.74. The standard InChI is InChI=1S/C24H31N3O4S/c1-17-11-13-19(14-12-17)32(30,31)27-15-7-8-18(16-27)22(28)25-21-10-6-5-9-20(21)23(29)26-24(2,3)4/h5-6,9-14,18H,7-8,15-16H2,1-4H3,(H,25,28)(H,26,29). The number of para-hydroxylation sites is 1. The molecule has 172 valence electrons. The van der Waals surface area contributed by atoms with Crippen LogP contribution in [0.15, 0.2) is 53.4 Å². The van der Waals surface area contributed by atoms with Gasteiger partial charge in [-0.1, -0.05) is 29.8 Å². The largest absolute Gasteiger partial charge is 0.347 e. The first-order valence-electron chi connectivity index (χ1n) is 10.8. The molecule has 2 N–H and O–H groups in total. The van der Waals surface area contributed by atoms with Crippen molar-refractivity contribution in [2.75, 3.05) is 18.4 Å². The van der Waals surface area contributed by atoms with E-state index in [1.165, 1.54) is 4.31 Å². The lowest BCUT2D eigenvalue weighted by Gasteiger charge is -2.31. The van der Waals surface area contributed by atoms with E-state index in [-0.39, 0.29) is 23.3 Å². The molecule has 7 nitrogen and oxygen atoms in total. The topological polar surface area (TPSA) is 95.6 Å². The van der Waals surface area contributed by atoms with Crippen LogP contribution in [0.3, 0.4) is 0 Å². The lowest BCUT2D eigenvalue weighted by Crippen LogP contribution is -2.44. The molecular formula is C24H31N3O4S. The van der Waals surface area contributed by atoms with Gasteiger partial charge in [0.1, 0.15) is 0 Å². The molecule has 0 spiro atoms. The summed E-state index contributed by atoms with van der Waals surface area (Å²) >= 11 is 0. The molecule has 1 saturated heterocycles. The monoisotopic (exact) mass is 457 g/mol. The zero-order chi connectivity index (χ0) is 23.5. The Morgan fingerprint density at radius 1 is 1.03 bits per heavy atom. The molecule has 3 rings (SSSR count). The number of aryl methyl sites for hydroxylation is 1. The van der Waals surface area contributed by atoms with Gasteiger partial charge in [0.2, 0.25) is 15.9 Å². The van der Waals surface area contributed by atoms with E-state index < -0.39 is 21.5 Å². The summed E-state index contributed by atoms with van der Waals surface area (Å²) in [6, 6.07) is 13.5. The lowest BCUT2D eigenvalue weighted by atomic mass is 9.98. The van der Waals surface area contributed by atoms with Crippen molar-refractivity contribution in [3.05, 3.63) is 59.7 Å². The first-order chi connectivity index (χ1) is 15.0. The summed E-state index contributed by atoms with van der Waals surface area (Å²) in [4.78, 5) is 25.9. The van der Waals surface area contributed by atoms with Crippen molar-refractivity contribution in [1.82, 2.24) is 9.62 Å². The molecule has 8 heteroatoms. The number of piperidine rings is 1. The van der Waals surface area contributed by atoms with Gasteiger partial charge >= 0.3 is 0 Å². The van der Waals surface area contributed by atoms with Gasteiger partial charge in [0.05, 0.1) is 22.1 Å². The molecule has 0 aliphatic carbocycles. The van der Waals surface area contributed by atoms with E-state index in [4.69, 9.17) is 0 Å². The normalized spacial score (nSPS) is 17.6. The van der Waals surface area contributed by atoms with Gasteiger partial charge in [0, 0.05) is 18.6 Å². The van der Waals surface area contributed by atoms with Crippen molar-refractivity contribution in [2.45, 2.75) is 51.0 Å². The fourth-order valence-electron chi connectivity index (χ4n) is 3.67. The van der Waals surface area contributed by atoms with Crippen LogP contribution in [0.2, 0.25) is 0 Å². The van der Waals surface area contributed by atoms with Crippen molar-refractivity contribution in [3.63, 3.8) is 0 Å². The van der Waals surface area contributed by atoms with Gasteiger partial charge in [-0.2, -0.15) is 4.31 Å². The lowest BCUT2D eigenvalue weighted by molar-refractivity contribution is -0.120. The summed E-state index contributed by atoms with van der Waals surface area (Å²) in [7, 11) is -3.67. The van der Waals surface area contributed by atoms with E-state index in [2.05, 4.69) is 10.6 Å². The van der Waals surface area contributed by atoms with Crippen LogP contribution in [0.4, 0.5) is 5.69 Å². The van der Waals surface area contributed by atoms with Crippen molar-refractivity contribution in [2.24, 2.45) is 5.92 Å². The second-order valence-corrected chi connectivity index (χ2v) is 11.2. The summed E-state index contributed by atoms with van der Waals surface area (Å²) in [6.45, 7) is 8.05. The molecule has 2 aromatic carbocycles. The molecule has 0 radical (unpaired) electrons. The molecular weight excluding hydrogens is 426 g/mol. The van der Waals surface area contributed by atoms with Crippen LogP contribution < -0.4 is 10.6 Å². The molecule has 1 aliphatic rings. The highest BCUT2D eigenvalue weighted by atomic mass is 32.2. The second-order valence-electron chi connectivity index (χ2n) is 9.25.